The van der Waals surface area contributed by atoms with E-state index < -0.39 is 0 Å². The Morgan fingerprint density at radius 1 is 1.19 bits per heavy atom. The summed E-state index contributed by atoms with van der Waals surface area (Å²) in [5, 5.41) is 0.838. The van der Waals surface area contributed by atoms with Gasteiger partial charge in [0.05, 0.1) is 37.7 Å². The van der Waals surface area contributed by atoms with Gasteiger partial charge >= 0.3 is 0 Å². The maximum Gasteiger partial charge on any atom is 0.254 e. The van der Waals surface area contributed by atoms with Crippen LogP contribution in [-0.2, 0) is 4.74 Å². The molecular formula is C19H18N4O3. The second kappa shape index (κ2) is 7.05. The predicted molar refractivity (Wildman–Crippen MR) is 96.0 cm³/mol. The number of morpholine rings is 1. The van der Waals surface area contributed by atoms with E-state index in [1.54, 1.807) is 31.8 Å². The average Bonchev–Trinajstić information content (AvgIpc) is 2.73. The van der Waals surface area contributed by atoms with Gasteiger partial charge in [-0.15, -0.1) is 0 Å². The molecule has 0 bridgehead atoms. The van der Waals surface area contributed by atoms with Gasteiger partial charge in [-0.2, -0.15) is 0 Å². The molecule has 1 aliphatic rings. The summed E-state index contributed by atoms with van der Waals surface area (Å²) in [6, 6.07) is 7.32. The SMILES string of the molecule is COc1cc(-c2cnccn2)c2cc(C(=O)N3CCOCC3)ccc2n1. The lowest BCUT2D eigenvalue weighted by atomic mass is 10.0. The fourth-order valence-corrected chi connectivity index (χ4v) is 3.04. The molecule has 1 fully saturated rings. The van der Waals surface area contributed by atoms with Gasteiger partial charge in [-0.25, -0.2) is 4.98 Å². The van der Waals surface area contributed by atoms with Crippen molar-refractivity contribution < 1.29 is 14.3 Å². The van der Waals surface area contributed by atoms with Crippen LogP contribution in [0.3, 0.4) is 0 Å². The van der Waals surface area contributed by atoms with E-state index in [0.717, 1.165) is 16.5 Å². The van der Waals surface area contributed by atoms with Crippen molar-refractivity contribution >= 4 is 16.8 Å². The number of amides is 1. The van der Waals surface area contributed by atoms with E-state index in [4.69, 9.17) is 9.47 Å². The number of nitrogens with zero attached hydrogens (tertiary/aromatic N) is 4. The molecule has 1 aromatic carbocycles. The Labute approximate surface area is 150 Å². The first-order valence-corrected chi connectivity index (χ1v) is 8.38. The number of fused-ring (bicyclic) bond motifs is 1. The summed E-state index contributed by atoms with van der Waals surface area (Å²) >= 11 is 0. The Hall–Kier alpha value is -3.06. The van der Waals surface area contributed by atoms with Gasteiger partial charge in [0.15, 0.2) is 0 Å². The number of hydrogen-bond donors (Lipinski definition) is 0. The van der Waals surface area contributed by atoms with Gasteiger partial charge in [0.2, 0.25) is 5.88 Å². The van der Waals surface area contributed by atoms with Gasteiger partial charge in [0, 0.05) is 48.1 Å². The van der Waals surface area contributed by atoms with E-state index in [1.807, 2.05) is 23.1 Å². The average molecular weight is 350 g/mol. The Kier molecular flexibility index (Phi) is 4.45. The number of rotatable bonds is 3. The molecule has 26 heavy (non-hydrogen) atoms. The van der Waals surface area contributed by atoms with E-state index in [0.29, 0.717) is 43.4 Å². The smallest absolute Gasteiger partial charge is 0.254 e. The van der Waals surface area contributed by atoms with Crippen molar-refractivity contribution in [2.45, 2.75) is 0 Å². The van der Waals surface area contributed by atoms with Crippen LogP contribution < -0.4 is 4.74 Å². The highest BCUT2D eigenvalue weighted by Crippen LogP contribution is 2.30. The molecule has 0 radical (unpaired) electrons. The summed E-state index contributed by atoms with van der Waals surface area (Å²) < 4.78 is 10.6. The molecule has 1 aliphatic heterocycles. The molecule has 132 valence electrons. The van der Waals surface area contributed by atoms with Crippen LogP contribution in [0, 0.1) is 0 Å². The second-order valence-corrected chi connectivity index (χ2v) is 5.94. The van der Waals surface area contributed by atoms with Crippen molar-refractivity contribution in [1.82, 2.24) is 19.9 Å². The fraction of sp³-hybridized carbons (Fsp3) is 0.263. The summed E-state index contributed by atoms with van der Waals surface area (Å²) in [5.41, 5.74) is 2.89. The standard InChI is InChI=1S/C19H18N4O3/c1-25-18-11-15(17-12-20-4-5-21-17)14-10-13(2-3-16(14)22-18)19(24)23-6-8-26-9-7-23/h2-5,10-12H,6-9H2,1H3. The summed E-state index contributed by atoms with van der Waals surface area (Å²) in [7, 11) is 1.57. The molecular weight excluding hydrogens is 332 g/mol. The van der Waals surface area contributed by atoms with Crippen LogP contribution >= 0.6 is 0 Å². The maximum atomic E-state index is 12.8. The number of aromatic nitrogens is 3. The number of benzene rings is 1. The molecule has 0 saturated carbocycles. The molecule has 1 amide bonds. The first kappa shape index (κ1) is 16.4. The van der Waals surface area contributed by atoms with Crippen molar-refractivity contribution in [3.05, 3.63) is 48.4 Å². The van der Waals surface area contributed by atoms with Crippen LogP contribution in [0.2, 0.25) is 0 Å². The zero-order valence-electron chi connectivity index (χ0n) is 14.4. The van der Waals surface area contributed by atoms with Crippen molar-refractivity contribution in [2.75, 3.05) is 33.4 Å². The predicted octanol–water partition coefficient (Wildman–Crippen LogP) is 2.17. The van der Waals surface area contributed by atoms with Crippen LogP contribution in [0.15, 0.2) is 42.9 Å². The maximum absolute atomic E-state index is 12.8. The minimum Gasteiger partial charge on any atom is -0.481 e. The van der Waals surface area contributed by atoms with E-state index in [9.17, 15) is 4.79 Å². The van der Waals surface area contributed by atoms with E-state index >= 15 is 0 Å². The zero-order valence-corrected chi connectivity index (χ0v) is 14.4. The minimum atomic E-state index is -0.00360. The summed E-state index contributed by atoms with van der Waals surface area (Å²) in [4.78, 5) is 27.6. The minimum absolute atomic E-state index is 0.00360. The van der Waals surface area contributed by atoms with Gasteiger partial charge in [-0.1, -0.05) is 0 Å². The Balaban J connectivity index is 1.82. The molecule has 7 heteroatoms. The van der Waals surface area contributed by atoms with E-state index in [-0.39, 0.29) is 5.91 Å². The Morgan fingerprint density at radius 2 is 2.04 bits per heavy atom. The fourth-order valence-electron chi connectivity index (χ4n) is 3.04. The first-order valence-electron chi connectivity index (χ1n) is 8.38. The lowest BCUT2D eigenvalue weighted by Gasteiger charge is -2.27. The molecule has 7 nitrogen and oxygen atoms in total. The quantitative estimate of drug-likeness (QED) is 0.720. The Bertz CT molecular complexity index is 940. The van der Waals surface area contributed by atoms with Gasteiger partial charge in [-0.3, -0.25) is 14.8 Å². The van der Waals surface area contributed by atoms with Crippen molar-refractivity contribution in [1.29, 1.82) is 0 Å². The third-order valence-corrected chi connectivity index (χ3v) is 4.38. The second-order valence-electron chi connectivity index (χ2n) is 5.94. The number of carbonyl (C=O) groups is 1. The van der Waals surface area contributed by atoms with Crippen LogP contribution in [0.5, 0.6) is 5.88 Å². The Morgan fingerprint density at radius 3 is 2.77 bits per heavy atom. The number of methoxy groups -OCH3 is 1. The normalized spacial score (nSPS) is 14.4. The number of hydrogen-bond acceptors (Lipinski definition) is 6. The molecule has 2 aromatic heterocycles. The van der Waals surface area contributed by atoms with Gasteiger partial charge in [0.1, 0.15) is 0 Å². The number of pyridine rings is 1. The monoisotopic (exact) mass is 350 g/mol. The molecule has 1 saturated heterocycles. The molecule has 4 rings (SSSR count). The van der Waals surface area contributed by atoms with Crippen LogP contribution in [-0.4, -0.2) is 59.2 Å². The van der Waals surface area contributed by atoms with E-state index in [1.165, 1.54) is 0 Å². The van der Waals surface area contributed by atoms with Crippen molar-refractivity contribution in [3.63, 3.8) is 0 Å². The molecule has 0 aliphatic carbocycles. The molecule has 3 heterocycles. The molecule has 0 spiro atoms. The van der Waals surface area contributed by atoms with Crippen molar-refractivity contribution in [2.24, 2.45) is 0 Å². The van der Waals surface area contributed by atoms with Crippen molar-refractivity contribution in [3.8, 4) is 17.1 Å². The largest absolute Gasteiger partial charge is 0.481 e. The highest BCUT2D eigenvalue weighted by atomic mass is 16.5. The lowest BCUT2D eigenvalue weighted by molar-refractivity contribution is 0.0303. The molecule has 3 aromatic rings. The highest BCUT2D eigenvalue weighted by Gasteiger charge is 2.20. The van der Waals surface area contributed by atoms with Gasteiger partial charge in [0.25, 0.3) is 5.91 Å². The molecule has 0 atom stereocenters. The topological polar surface area (TPSA) is 77.4 Å². The van der Waals surface area contributed by atoms with Crippen LogP contribution in [0.25, 0.3) is 22.2 Å². The molecule has 0 N–H and O–H groups in total. The summed E-state index contributed by atoms with van der Waals surface area (Å²) in [6.07, 6.45) is 4.94. The number of ether oxygens (including phenoxy) is 2. The van der Waals surface area contributed by atoms with Crippen LogP contribution in [0.1, 0.15) is 10.4 Å². The first-order chi connectivity index (χ1) is 12.8. The molecule has 0 unspecified atom stereocenters. The third kappa shape index (κ3) is 3.09. The van der Waals surface area contributed by atoms with Gasteiger partial charge < -0.3 is 14.4 Å². The highest BCUT2D eigenvalue weighted by molar-refractivity contribution is 6.02. The summed E-state index contributed by atoms with van der Waals surface area (Å²) in [5.74, 6) is 0.488. The zero-order chi connectivity index (χ0) is 17.9. The summed E-state index contributed by atoms with van der Waals surface area (Å²) in [6.45, 7) is 2.36. The lowest BCUT2D eigenvalue weighted by Crippen LogP contribution is -2.40. The van der Waals surface area contributed by atoms with Crippen LogP contribution in [0.4, 0.5) is 0 Å². The van der Waals surface area contributed by atoms with Gasteiger partial charge in [-0.05, 0) is 18.2 Å². The third-order valence-electron chi connectivity index (χ3n) is 4.38. The number of carbonyl (C=O) groups excluding carboxylic acids is 1. The van der Waals surface area contributed by atoms with E-state index in [2.05, 4.69) is 15.0 Å².